The summed E-state index contributed by atoms with van der Waals surface area (Å²) in [5.74, 6) is -0.224. The van der Waals surface area contributed by atoms with Gasteiger partial charge in [-0.25, -0.2) is 14.0 Å². The van der Waals surface area contributed by atoms with Gasteiger partial charge in [-0.1, -0.05) is 30.3 Å². The van der Waals surface area contributed by atoms with Crippen LogP contribution >= 0.6 is 0 Å². The lowest BCUT2D eigenvalue weighted by atomic mass is 10.1. The Labute approximate surface area is 200 Å². The standard InChI is InChI=1S/C26H33FN4O3/c1-26(2,3)34-25(33)29-14-12-20(13-15-29)28-24(32)31-17-16-30(22-10-6-7-11-23(22)31)18-19-8-4-5-9-21(19)27/h4-11,20H,12-18H2,1-3H3,(H,28,32). The van der Waals surface area contributed by atoms with Gasteiger partial charge in [-0.15, -0.1) is 0 Å². The van der Waals surface area contributed by atoms with E-state index in [2.05, 4.69) is 10.2 Å². The van der Waals surface area contributed by atoms with E-state index in [4.69, 9.17) is 4.74 Å². The Morgan fingerprint density at radius 3 is 2.29 bits per heavy atom. The lowest BCUT2D eigenvalue weighted by Gasteiger charge is -2.39. The fourth-order valence-corrected chi connectivity index (χ4v) is 4.41. The van der Waals surface area contributed by atoms with Crippen molar-refractivity contribution >= 4 is 23.5 Å². The second-order valence-corrected chi connectivity index (χ2v) is 9.84. The van der Waals surface area contributed by atoms with Gasteiger partial charge >= 0.3 is 12.1 Å². The van der Waals surface area contributed by atoms with Gasteiger partial charge in [0.15, 0.2) is 0 Å². The van der Waals surface area contributed by atoms with E-state index in [1.807, 2.05) is 51.1 Å². The molecule has 8 heteroatoms. The van der Waals surface area contributed by atoms with Crippen LogP contribution in [0.4, 0.5) is 25.4 Å². The first kappa shape index (κ1) is 23.9. The summed E-state index contributed by atoms with van der Waals surface area (Å²) in [6, 6.07) is 14.4. The smallest absolute Gasteiger partial charge is 0.410 e. The third-order valence-corrected chi connectivity index (χ3v) is 6.15. The Balaban J connectivity index is 1.37. The molecule has 0 atom stereocenters. The van der Waals surface area contributed by atoms with Crippen LogP contribution in [-0.2, 0) is 11.3 Å². The maximum atomic E-state index is 14.2. The Morgan fingerprint density at radius 2 is 1.62 bits per heavy atom. The van der Waals surface area contributed by atoms with E-state index < -0.39 is 5.60 Å². The molecule has 0 saturated carbocycles. The fraction of sp³-hybridized carbons (Fsp3) is 0.462. The number of fused-ring (bicyclic) bond motifs is 1. The van der Waals surface area contributed by atoms with Crippen LogP contribution in [0.15, 0.2) is 48.5 Å². The van der Waals surface area contributed by atoms with E-state index in [-0.39, 0.29) is 24.0 Å². The molecular formula is C26H33FN4O3. The van der Waals surface area contributed by atoms with Crippen molar-refractivity contribution in [2.24, 2.45) is 0 Å². The SMILES string of the molecule is CC(C)(C)OC(=O)N1CCC(NC(=O)N2CCN(Cc3ccccc3F)c3ccccc32)CC1. The van der Waals surface area contributed by atoms with Crippen LogP contribution in [0, 0.1) is 5.82 Å². The molecule has 7 nitrogen and oxygen atoms in total. The number of nitrogens with zero attached hydrogens (tertiary/aromatic N) is 3. The molecule has 0 radical (unpaired) electrons. The van der Waals surface area contributed by atoms with E-state index in [1.54, 1.807) is 21.9 Å². The lowest BCUT2D eigenvalue weighted by Crippen LogP contribution is -2.53. The largest absolute Gasteiger partial charge is 0.444 e. The number of piperidine rings is 1. The van der Waals surface area contributed by atoms with Crippen LogP contribution in [0.5, 0.6) is 0 Å². The average molecular weight is 469 g/mol. The van der Waals surface area contributed by atoms with Crippen molar-refractivity contribution in [2.75, 3.05) is 36.0 Å². The highest BCUT2D eigenvalue weighted by atomic mass is 19.1. The van der Waals surface area contributed by atoms with Gasteiger partial charge in [-0.05, 0) is 51.8 Å². The number of amides is 3. The quantitative estimate of drug-likeness (QED) is 0.705. The summed E-state index contributed by atoms with van der Waals surface area (Å²) in [4.78, 5) is 31.0. The zero-order valence-electron chi connectivity index (χ0n) is 20.1. The van der Waals surface area contributed by atoms with Crippen LogP contribution in [0.3, 0.4) is 0 Å². The van der Waals surface area contributed by atoms with Crippen LogP contribution in [-0.4, -0.2) is 54.8 Å². The number of hydrogen-bond donors (Lipinski definition) is 1. The molecule has 2 aliphatic heterocycles. The first-order valence-corrected chi connectivity index (χ1v) is 11.8. The van der Waals surface area contributed by atoms with Gasteiger partial charge in [0, 0.05) is 44.3 Å². The molecule has 2 heterocycles. The molecule has 0 spiro atoms. The molecule has 2 aromatic carbocycles. The molecule has 0 bridgehead atoms. The molecule has 34 heavy (non-hydrogen) atoms. The second-order valence-electron chi connectivity index (χ2n) is 9.84. The molecule has 1 fully saturated rings. The number of anilines is 2. The number of halogens is 1. The minimum atomic E-state index is -0.524. The van der Waals surface area contributed by atoms with Crippen molar-refractivity contribution in [2.45, 2.75) is 51.8 Å². The number of carbonyl (C=O) groups excluding carboxylic acids is 2. The lowest BCUT2D eigenvalue weighted by molar-refractivity contribution is 0.0201. The molecule has 4 rings (SSSR count). The number of ether oxygens (including phenoxy) is 1. The van der Waals surface area contributed by atoms with E-state index in [0.717, 1.165) is 11.4 Å². The summed E-state index contributed by atoms with van der Waals surface area (Å²) in [5.41, 5.74) is 1.83. The number of likely N-dealkylation sites (tertiary alicyclic amines) is 1. The first-order valence-electron chi connectivity index (χ1n) is 11.8. The molecule has 1 N–H and O–H groups in total. The van der Waals surface area contributed by atoms with E-state index in [9.17, 15) is 14.0 Å². The molecule has 0 aliphatic carbocycles. The third-order valence-electron chi connectivity index (χ3n) is 6.15. The number of benzene rings is 2. The number of nitrogens with one attached hydrogen (secondary N) is 1. The molecule has 0 unspecified atom stereocenters. The Bertz CT molecular complexity index is 1030. The van der Waals surface area contributed by atoms with Gasteiger partial charge in [-0.2, -0.15) is 0 Å². The third kappa shape index (κ3) is 5.61. The van der Waals surface area contributed by atoms with E-state index >= 15 is 0 Å². The number of rotatable bonds is 3. The monoisotopic (exact) mass is 468 g/mol. The molecular weight excluding hydrogens is 435 g/mol. The van der Waals surface area contributed by atoms with Gasteiger partial charge in [0.05, 0.1) is 11.4 Å². The minimum absolute atomic E-state index is 0.00482. The van der Waals surface area contributed by atoms with Crippen molar-refractivity contribution in [1.82, 2.24) is 10.2 Å². The van der Waals surface area contributed by atoms with Crippen molar-refractivity contribution in [3.63, 3.8) is 0 Å². The summed E-state index contributed by atoms with van der Waals surface area (Å²) in [7, 11) is 0. The van der Waals surface area contributed by atoms with E-state index in [1.165, 1.54) is 6.07 Å². The molecule has 182 valence electrons. The Hall–Kier alpha value is -3.29. The number of urea groups is 1. The molecule has 3 amide bonds. The molecule has 1 saturated heterocycles. The Morgan fingerprint density at radius 1 is 0.971 bits per heavy atom. The van der Waals surface area contributed by atoms with Gasteiger partial charge < -0.3 is 19.9 Å². The van der Waals surface area contributed by atoms with E-state index in [0.29, 0.717) is 51.1 Å². The number of carbonyl (C=O) groups is 2. The zero-order valence-corrected chi connectivity index (χ0v) is 20.1. The van der Waals surface area contributed by atoms with Crippen LogP contribution < -0.4 is 15.1 Å². The van der Waals surface area contributed by atoms with Crippen molar-refractivity contribution < 1.29 is 18.7 Å². The topological polar surface area (TPSA) is 65.1 Å². The van der Waals surface area contributed by atoms with Gasteiger partial charge in [0.2, 0.25) is 0 Å². The molecule has 2 aliphatic rings. The zero-order chi connectivity index (χ0) is 24.3. The Kier molecular flexibility index (Phi) is 6.95. The van der Waals surface area contributed by atoms with Crippen molar-refractivity contribution in [3.8, 4) is 0 Å². The average Bonchev–Trinajstić information content (AvgIpc) is 2.80. The van der Waals surface area contributed by atoms with Gasteiger partial charge in [-0.3, -0.25) is 4.90 Å². The highest BCUT2D eigenvalue weighted by molar-refractivity contribution is 5.97. The predicted octanol–water partition coefficient (Wildman–Crippen LogP) is 4.76. The maximum Gasteiger partial charge on any atom is 0.410 e. The normalized spacial score (nSPS) is 16.8. The van der Waals surface area contributed by atoms with Gasteiger partial charge in [0.1, 0.15) is 11.4 Å². The molecule has 2 aromatic rings. The molecule has 0 aromatic heterocycles. The maximum absolute atomic E-state index is 14.2. The van der Waals surface area contributed by atoms with Crippen LogP contribution in [0.2, 0.25) is 0 Å². The van der Waals surface area contributed by atoms with Crippen molar-refractivity contribution in [1.29, 1.82) is 0 Å². The number of para-hydroxylation sites is 2. The second kappa shape index (κ2) is 9.91. The van der Waals surface area contributed by atoms with Crippen LogP contribution in [0.1, 0.15) is 39.2 Å². The minimum Gasteiger partial charge on any atom is -0.444 e. The summed E-state index contributed by atoms with van der Waals surface area (Å²) >= 11 is 0. The fourth-order valence-electron chi connectivity index (χ4n) is 4.41. The summed E-state index contributed by atoms with van der Waals surface area (Å²) < 4.78 is 19.7. The van der Waals surface area contributed by atoms with Gasteiger partial charge in [0.25, 0.3) is 0 Å². The summed E-state index contributed by atoms with van der Waals surface area (Å²) in [6.45, 7) is 8.22. The number of hydrogen-bond acceptors (Lipinski definition) is 4. The van der Waals surface area contributed by atoms with Crippen molar-refractivity contribution in [3.05, 3.63) is 59.9 Å². The predicted molar refractivity (Wildman–Crippen MR) is 131 cm³/mol. The first-order chi connectivity index (χ1) is 16.2. The van der Waals surface area contributed by atoms with Crippen LogP contribution in [0.25, 0.3) is 0 Å². The highest BCUT2D eigenvalue weighted by Gasteiger charge is 2.31. The summed E-state index contributed by atoms with van der Waals surface area (Å²) in [5, 5.41) is 3.14. The summed E-state index contributed by atoms with van der Waals surface area (Å²) in [6.07, 6.45) is 1.05. The highest BCUT2D eigenvalue weighted by Crippen LogP contribution is 2.34.